The molecule has 0 aliphatic rings. The van der Waals surface area contributed by atoms with Crippen LogP contribution < -0.4 is 20.1 Å². The third-order valence-electron chi connectivity index (χ3n) is 3.09. The Kier molecular flexibility index (Phi) is 5.97. The summed E-state index contributed by atoms with van der Waals surface area (Å²) in [6, 6.07) is 9.62. The lowest BCUT2D eigenvalue weighted by molar-refractivity contribution is 0.354. The molecule has 2 N–H and O–H groups in total. The van der Waals surface area contributed by atoms with Crippen LogP contribution in [-0.4, -0.2) is 30.9 Å². The van der Waals surface area contributed by atoms with Crippen molar-refractivity contribution in [1.29, 1.82) is 0 Å². The van der Waals surface area contributed by atoms with E-state index in [1.165, 1.54) is 0 Å². The van der Waals surface area contributed by atoms with Gasteiger partial charge in [0.15, 0.2) is 16.6 Å². The summed E-state index contributed by atoms with van der Waals surface area (Å²) in [7, 11) is 3.26. The lowest BCUT2D eigenvalue weighted by atomic mass is 10.1. The maximum atomic E-state index is 5.29. The fraction of sp³-hybridized carbons (Fsp3) is 0.250. The second-order valence-corrected chi connectivity index (χ2v) is 4.96. The average Bonchev–Trinajstić information content (AvgIpc) is 2.55. The summed E-state index contributed by atoms with van der Waals surface area (Å²) in [6.07, 6.45) is 4.27. The second-order valence-electron chi connectivity index (χ2n) is 4.56. The predicted molar refractivity (Wildman–Crippen MR) is 91.7 cm³/mol. The molecule has 0 aliphatic carbocycles. The molecule has 6 heteroatoms. The van der Waals surface area contributed by atoms with Gasteiger partial charge in [-0.25, -0.2) is 0 Å². The minimum absolute atomic E-state index is 0.590. The number of benzene rings is 1. The number of thiocarbonyl (C=S) groups is 1. The van der Waals surface area contributed by atoms with Crippen molar-refractivity contribution in [2.75, 3.05) is 26.1 Å². The Labute approximate surface area is 135 Å². The summed E-state index contributed by atoms with van der Waals surface area (Å²) >= 11 is 5.25. The van der Waals surface area contributed by atoms with Gasteiger partial charge in [-0.15, -0.1) is 0 Å². The second kappa shape index (κ2) is 8.19. The van der Waals surface area contributed by atoms with Crippen LogP contribution in [0.15, 0.2) is 42.7 Å². The summed E-state index contributed by atoms with van der Waals surface area (Å²) in [6.45, 7) is 0.729. The fourth-order valence-corrected chi connectivity index (χ4v) is 2.19. The van der Waals surface area contributed by atoms with Crippen molar-refractivity contribution in [1.82, 2.24) is 10.3 Å². The Balaban J connectivity index is 1.82. The summed E-state index contributed by atoms with van der Waals surface area (Å²) in [4.78, 5) is 3.96. The molecule has 0 aliphatic heterocycles. The van der Waals surface area contributed by atoms with E-state index in [0.29, 0.717) is 5.11 Å². The summed E-state index contributed by atoms with van der Waals surface area (Å²) < 4.78 is 10.5. The first-order valence-electron chi connectivity index (χ1n) is 6.88. The van der Waals surface area contributed by atoms with Gasteiger partial charge in [-0.1, -0.05) is 6.07 Å². The number of pyridine rings is 1. The highest BCUT2D eigenvalue weighted by Gasteiger charge is 2.04. The first kappa shape index (κ1) is 16.0. The molecule has 1 heterocycles. The van der Waals surface area contributed by atoms with Gasteiger partial charge in [0.1, 0.15) is 0 Å². The maximum Gasteiger partial charge on any atom is 0.170 e. The topological polar surface area (TPSA) is 55.4 Å². The van der Waals surface area contributed by atoms with Gasteiger partial charge in [-0.2, -0.15) is 0 Å². The molecule has 0 saturated heterocycles. The number of nitrogens with zero attached hydrogens (tertiary/aromatic N) is 1. The number of aromatic nitrogens is 1. The van der Waals surface area contributed by atoms with Gasteiger partial charge >= 0.3 is 0 Å². The van der Waals surface area contributed by atoms with Crippen molar-refractivity contribution in [3.8, 4) is 11.5 Å². The number of nitrogens with one attached hydrogen (secondary N) is 2. The molecule has 0 fully saturated rings. The number of ether oxygens (including phenoxy) is 2. The number of hydrogen-bond acceptors (Lipinski definition) is 4. The molecule has 116 valence electrons. The quantitative estimate of drug-likeness (QED) is 0.799. The van der Waals surface area contributed by atoms with Crippen LogP contribution in [0.1, 0.15) is 5.56 Å². The Bertz CT molecular complexity index is 620. The van der Waals surface area contributed by atoms with E-state index in [1.807, 2.05) is 30.3 Å². The van der Waals surface area contributed by atoms with Crippen LogP contribution in [0.25, 0.3) is 0 Å². The van der Waals surface area contributed by atoms with Crippen LogP contribution in [0.3, 0.4) is 0 Å². The molecular formula is C16H19N3O2S. The lowest BCUT2D eigenvalue weighted by Gasteiger charge is -2.12. The smallest absolute Gasteiger partial charge is 0.170 e. The van der Waals surface area contributed by atoms with Crippen LogP contribution in [0.2, 0.25) is 0 Å². The fourth-order valence-electron chi connectivity index (χ4n) is 1.97. The van der Waals surface area contributed by atoms with Crippen molar-refractivity contribution in [3.63, 3.8) is 0 Å². The molecule has 0 saturated carbocycles. The van der Waals surface area contributed by atoms with E-state index in [9.17, 15) is 0 Å². The van der Waals surface area contributed by atoms with E-state index in [2.05, 4.69) is 15.6 Å². The average molecular weight is 317 g/mol. The molecule has 5 nitrogen and oxygen atoms in total. The number of hydrogen-bond donors (Lipinski definition) is 2. The summed E-state index contributed by atoms with van der Waals surface area (Å²) in [5.41, 5.74) is 2.07. The van der Waals surface area contributed by atoms with Crippen LogP contribution in [0, 0.1) is 0 Å². The van der Waals surface area contributed by atoms with Gasteiger partial charge in [0.05, 0.1) is 14.2 Å². The van der Waals surface area contributed by atoms with Crippen LogP contribution in [0.5, 0.6) is 11.5 Å². The summed E-state index contributed by atoms with van der Waals surface area (Å²) in [5, 5.41) is 6.87. The Morgan fingerprint density at radius 2 is 1.82 bits per heavy atom. The van der Waals surface area contributed by atoms with Gasteiger partial charge in [-0.05, 0) is 48.5 Å². The molecule has 0 unspecified atom stereocenters. The monoisotopic (exact) mass is 317 g/mol. The number of rotatable bonds is 6. The Hall–Kier alpha value is -2.34. The zero-order chi connectivity index (χ0) is 15.8. The largest absolute Gasteiger partial charge is 0.493 e. The Morgan fingerprint density at radius 3 is 2.50 bits per heavy atom. The molecular weight excluding hydrogens is 298 g/mol. The minimum Gasteiger partial charge on any atom is -0.493 e. The van der Waals surface area contributed by atoms with Crippen molar-refractivity contribution >= 4 is 23.0 Å². The molecule has 0 spiro atoms. The zero-order valence-electron chi connectivity index (χ0n) is 12.6. The van der Waals surface area contributed by atoms with Gasteiger partial charge in [0.25, 0.3) is 0 Å². The van der Waals surface area contributed by atoms with Gasteiger partial charge < -0.3 is 20.1 Å². The normalized spacial score (nSPS) is 9.91. The first-order valence-corrected chi connectivity index (χ1v) is 7.29. The summed E-state index contributed by atoms with van der Waals surface area (Å²) in [5.74, 6) is 1.46. The van der Waals surface area contributed by atoms with E-state index < -0.39 is 0 Å². The highest BCUT2D eigenvalue weighted by molar-refractivity contribution is 7.80. The predicted octanol–water partition coefficient (Wildman–Crippen LogP) is 2.63. The molecule has 1 aromatic heterocycles. The highest BCUT2D eigenvalue weighted by atomic mass is 32.1. The molecule has 2 aromatic rings. The molecule has 22 heavy (non-hydrogen) atoms. The molecule has 1 aromatic carbocycles. The van der Waals surface area contributed by atoms with Crippen molar-refractivity contribution in [3.05, 3.63) is 48.3 Å². The van der Waals surface area contributed by atoms with Crippen LogP contribution >= 0.6 is 12.2 Å². The molecule has 0 bridgehead atoms. The van der Waals surface area contributed by atoms with Crippen LogP contribution in [-0.2, 0) is 6.42 Å². The first-order chi connectivity index (χ1) is 10.7. The third-order valence-corrected chi connectivity index (χ3v) is 3.33. The van der Waals surface area contributed by atoms with Gasteiger partial charge in [0, 0.05) is 24.6 Å². The van der Waals surface area contributed by atoms with Crippen molar-refractivity contribution in [2.24, 2.45) is 0 Å². The molecule has 0 radical (unpaired) electrons. The van der Waals surface area contributed by atoms with E-state index in [1.54, 1.807) is 26.6 Å². The maximum absolute atomic E-state index is 5.29. The van der Waals surface area contributed by atoms with Crippen molar-refractivity contribution < 1.29 is 9.47 Å². The lowest BCUT2D eigenvalue weighted by Crippen LogP contribution is -2.30. The molecule has 0 atom stereocenters. The standard InChI is InChI=1S/C16H19N3O2S/c1-20-14-4-3-12(11-15(14)21-2)5-10-18-16(22)19-13-6-8-17-9-7-13/h3-4,6-9,11H,5,10H2,1-2H3,(H2,17,18,19,22). The molecule has 2 rings (SSSR count). The zero-order valence-corrected chi connectivity index (χ0v) is 13.4. The third kappa shape index (κ3) is 4.60. The minimum atomic E-state index is 0.590. The van der Waals surface area contributed by atoms with E-state index in [4.69, 9.17) is 21.7 Å². The van der Waals surface area contributed by atoms with Crippen molar-refractivity contribution in [2.45, 2.75) is 6.42 Å². The van der Waals surface area contributed by atoms with E-state index >= 15 is 0 Å². The highest BCUT2D eigenvalue weighted by Crippen LogP contribution is 2.27. The Morgan fingerprint density at radius 1 is 1.09 bits per heavy atom. The van der Waals surface area contributed by atoms with E-state index in [0.717, 1.165) is 35.7 Å². The van der Waals surface area contributed by atoms with E-state index in [-0.39, 0.29) is 0 Å². The van der Waals surface area contributed by atoms with Gasteiger partial charge in [-0.3, -0.25) is 4.98 Å². The van der Waals surface area contributed by atoms with Gasteiger partial charge in [0.2, 0.25) is 0 Å². The SMILES string of the molecule is COc1ccc(CCNC(=S)Nc2ccncc2)cc1OC. The van der Waals surface area contributed by atoms with Crippen LogP contribution in [0.4, 0.5) is 5.69 Å². The molecule has 0 amide bonds. The number of methoxy groups -OCH3 is 2. The number of anilines is 1.